The van der Waals surface area contributed by atoms with Crippen LogP contribution in [0, 0.1) is 11.8 Å². The molecular weight excluding hydrogens is 122 g/mol. The van der Waals surface area contributed by atoms with Crippen LogP contribution in [0.15, 0.2) is 0 Å². The first-order valence-corrected chi connectivity index (χ1v) is 4.51. The van der Waals surface area contributed by atoms with Crippen LogP contribution in [0.4, 0.5) is 0 Å². The molecule has 4 atom stereocenters. The van der Waals surface area contributed by atoms with E-state index in [4.69, 9.17) is 0 Å². The fourth-order valence-electron chi connectivity index (χ4n) is 2.63. The van der Waals surface area contributed by atoms with E-state index in [1.165, 1.54) is 19.3 Å². The minimum absolute atomic E-state index is 0.855. The highest BCUT2D eigenvalue weighted by atomic mass is 15.0. The van der Waals surface area contributed by atoms with E-state index in [1.54, 1.807) is 0 Å². The highest BCUT2D eigenvalue weighted by molar-refractivity contribution is 4.94. The van der Waals surface area contributed by atoms with Gasteiger partial charge in [-0.05, 0) is 31.1 Å². The summed E-state index contributed by atoms with van der Waals surface area (Å²) < 4.78 is 0. The van der Waals surface area contributed by atoms with Crippen LogP contribution in [0.1, 0.15) is 33.1 Å². The topological polar surface area (TPSA) is 12.0 Å². The van der Waals surface area contributed by atoms with Crippen LogP contribution in [0.5, 0.6) is 0 Å². The van der Waals surface area contributed by atoms with E-state index in [2.05, 4.69) is 19.2 Å². The van der Waals surface area contributed by atoms with Crippen molar-refractivity contribution in [3.05, 3.63) is 0 Å². The van der Waals surface area contributed by atoms with Crippen molar-refractivity contribution in [1.29, 1.82) is 0 Å². The van der Waals surface area contributed by atoms with E-state index in [0.717, 1.165) is 23.9 Å². The highest BCUT2D eigenvalue weighted by Gasteiger charge is 2.36. The molecule has 2 heterocycles. The molecule has 0 amide bonds. The van der Waals surface area contributed by atoms with Gasteiger partial charge in [0, 0.05) is 12.1 Å². The van der Waals surface area contributed by atoms with Crippen LogP contribution in [0.2, 0.25) is 0 Å². The first-order chi connectivity index (χ1) is 4.75. The van der Waals surface area contributed by atoms with Crippen molar-refractivity contribution in [2.75, 3.05) is 0 Å². The number of piperidine rings is 1. The molecule has 2 fully saturated rings. The van der Waals surface area contributed by atoms with Gasteiger partial charge >= 0.3 is 0 Å². The van der Waals surface area contributed by atoms with E-state index >= 15 is 0 Å². The maximum absolute atomic E-state index is 3.67. The molecule has 2 aliphatic heterocycles. The third kappa shape index (κ3) is 0.968. The van der Waals surface area contributed by atoms with Gasteiger partial charge in [0.25, 0.3) is 0 Å². The standard InChI is InChI=1S/C9H17N/c1-6-3-8-5-7(2)9(4-6)10-8/h6-10H,3-5H2,1-2H3/t6?,7-,8?,9?/m1/s1. The molecule has 0 aromatic carbocycles. The molecule has 2 rings (SSSR count). The summed E-state index contributed by atoms with van der Waals surface area (Å²) in [6.07, 6.45) is 4.26. The quantitative estimate of drug-likeness (QED) is 0.539. The summed E-state index contributed by atoms with van der Waals surface area (Å²) in [5, 5.41) is 3.67. The molecule has 0 aromatic rings. The molecule has 2 aliphatic rings. The first kappa shape index (κ1) is 6.66. The van der Waals surface area contributed by atoms with Gasteiger partial charge in [0.1, 0.15) is 0 Å². The average Bonchev–Trinajstić information content (AvgIpc) is 2.07. The van der Waals surface area contributed by atoms with Crippen LogP contribution in [-0.2, 0) is 0 Å². The molecule has 1 nitrogen and oxygen atoms in total. The molecule has 58 valence electrons. The van der Waals surface area contributed by atoms with Crippen molar-refractivity contribution in [2.45, 2.75) is 45.2 Å². The number of nitrogens with one attached hydrogen (secondary N) is 1. The predicted molar refractivity (Wildman–Crippen MR) is 42.9 cm³/mol. The number of fused-ring (bicyclic) bond motifs is 2. The maximum Gasteiger partial charge on any atom is 0.00984 e. The molecule has 1 N–H and O–H groups in total. The molecular formula is C9H17N. The van der Waals surface area contributed by atoms with Crippen molar-refractivity contribution in [3.63, 3.8) is 0 Å². The Labute approximate surface area is 63.2 Å². The third-order valence-electron chi connectivity index (χ3n) is 3.14. The van der Waals surface area contributed by atoms with Crippen molar-refractivity contribution < 1.29 is 0 Å². The van der Waals surface area contributed by atoms with Gasteiger partial charge in [0.05, 0.1) is 0 Å². The van der Waals surface area contributed by atoms with E-state index in [-0.39, 0.29) is 0 Å². The zero-order chi connectivity index (χ0) is 7.14. The summed E-state index contributed by atoms with van der Waals surface area (Å²) in [6.45, 7) is 4.77. The lowest BCUT2D eigenvalue weighted by atomic mass is 9.93. The van der Waals surface area contributed by atoms with Crippen molar-refractivity contribution in [1.82, 2.24) is 5.32 Å². The second kappa shape index (κ2) is 2.23. The lowest BCUT2D eigenvalue weighted by molar-refractivity contribution is 0.306. The Morgan fingerprint density at radius 1 is 1.10 bits per heavy atom. The Morgan fingerprint density at radius 3 is 2.60 bits per heavy atom. The molecule has 0 aliphatic carbocycles. The number of rotatable bonds is 0. The smallest absolute Gasteiger partial charge is 0.00984 e. The van der Waals surface area contributed by atoms with Gasteiger partial charge in [-0.15, -0.1) is 0 Å². The van der Waals surface area contributed by atoms with Gasteiger partial charge in [-0.25, -0.2) is 0 Å². The van der Waals surface area contributed by atoms with Gasteiger partial charge in [0.2, 0.25) is 0 Å². The van der Waals surface area contributed by atoms with Crippen LogP contribution >= 0.6 is 0 Å². The summed E-state index contributed by atoms with van der Waals surface area (Å²) in [7, 11) is 0. The minimum atomic E-state index is 0.855. The molecule has 3 unspecified atom stereocenters. The molecule has 0 spiro atoms. The second-order valence-electron chi connectivity index (χ2n) is 4.26. The molecule has 1 heteroatoms. The lowest BCUT2D eigenvalue weighted by Gasteiger charge is -2.26. The molecule has 2 saturated heterocycles. The van der Waals surface area contributed by atoms with Gasteiger partial charge in [0.15, 0.2) is 0 Å². The van der Waals surface area contributed by atoms with E-state index in [1.807, 2.05) is 0 Å². The summed E-state index contributed by atoms with van der Waals surface area (Å²) in [5.74, 6) is 1.91. The molecule has 10 heavy (non-hydrogen) atoms. The van der Waals surface area contributed by atoms with E-state index in [9.17, 15) is 0 Å². The van der Waals surface area contributed by atoms with Gasteiger partial charge in [-0.2, -0.15) is 0 Å². The number of hydrogen-bond donors (Lipinski definition) is 1. The SMILES string of the molecule is CC1CC2C[C@@H](C)C(C1)N2. The van der Waals surface area contributed by atoms with Crippen molar-refractivity contribution >= 4 is 0 Å². The lowest BCUT2D eigenvalue weighted by Crippen LogP contribution is -2.38. The zero-order valence-corrected chi connectivity index (χ0v) is 6.93. The predicted octanol–water partition coefficient (Wildman–Crippen LogP) is 1.78. The Balaban J connectivity index is 2.06. The summed E-state index contributed by atoms with van der Waals surface area (Å²) in [4.78, 5) is 0. The van der Waals surface area contributed by atoms with Crippen molar-refractivity contribution in [3.8, 4) is 0 Å². The molecule has 0 saturated carbocycles. The largest absolute Gasteiger partial charge is 0.311 e. The van der Waals surface area contributed by atoms with Crippen LogP contribution in [0.25, 0.3) is 0 Å². The fourth-order valence-corrected chi connectivity index (χ4v) is 2.63. The fraction of sp³-hybridized carbons (Fsp3) is 1.00. The summed E-state index contributed by atoms with van der Waals surface area (Å²) in [5.41, 5.74) is 0. The molecule has 0 radical (unpaired) electrons. The van der Waals surface area contributed by atoms with Gasteiger partial charge in [-0.3, -0.25) is 0 Å². The Hall–Kier alpha value is -0.0400. The zero-order valence-electron chi connectivity index (χ0n) is 6.93. The normalized spacial score (nSPS) is 53.4. The van der Waals surface area contributed by atoms with Crippen LogP contribution < -0.4 is 5.32 Å². The summed E-state index contributed by atoms with van der Waals surface area (Å²) in [6, 6.07) is 1.72. The molecule has 2 bridgehead atoms. The minimum Gasteiger partial charge on any atom is -0.311 e. The van der Waals surface area contributed by atoms with Crippen LogP contribution in [0.3, 0.4) is 0 Å². The van der Waals surface area contributed by atoms with Gasteiger partial charge in [-0.1, -0.05) is 13.8 Å². The highest BCUT2D eigenvalue weighted by Crippen LogP contribution is 2.34. The number of hydrogen-bond acceptors (Lipinski definition) is 1. The van der Waals surface area contributed by atoms with Crippen LogP contribution in [-0.4, -0.2) is 12.1 Å². The second-order valence-corrected chi connectivity index (χ2v) is 4.26. The first-order valence-electron chi connectivity index (χ1n) is 4.51. The third-order valence-corrected chi connectivity index (χ3v) is 3.14. The Bertz CT molecular complexity index is 128. The Morgan fingerprint density at radius 2 is 1.90 bits per heavy atom. The molecule has 0 aromatic heterocycles. The van der Waals surface area contributed by atoms with Gasteiger partial charge < -0.3 is 5.32 Å². The monoisotopic (exact) mass is 139 g/mol. The van der Waals surface area contributed by atoms with E-state index < -0.39 is 0 Å². The van der Waals surface area contributed by atoms with E-state index in [0.29, 0.717) is 0 Å². The maximum atomic E-state index is 3.67. The summed E-state index contributed by atoms with van der Waals surface area (Å²) >= 11 is 0. The Kier molecular flexibility index (Phi) is 1.48. The van der Waals surface area contributed by atoms with Crippen molar-refractivity contribution in [2.24, 2.45) is 11.8 Å². The average molecular weight is 139 g/mol.